The van der Waals surface area contributed by atoms with E-state index in [1.54, 1.807) is 0 Å². The van der Waals surface area contributed by atoms with E-state index in [9.17, 15) is 0 Å². The number of aliphatic imine (C=N–C) groups is 2. The van der Waals surface area contributed by atoms with E-state index in [-0.39, 0.29) is 0 Å². The Labute approximate surface area is 314 Å². The molecular weight excluding hydrogens is 661 g/mol. The van der Waals surface area contributed by atoms with Crippen LogP contribution in [0.4, 0.5) is 0 Å². The molecule has 1 aliphatic carbocycles. The highest BCUT2D eigenvalue weighted by Crippen LogP contribution is 2.62. The zero-order valence-corrected chi connectivity index (χ0v) is 30.0. The number of pyridine rings is 1. The van der Waals surface area contributed by atoms with Crippen molar-refractivity contribution < 1.29 is 4.74 Å². The van der Waals surface area contributed by atoms with E-state index in [1.807, 2.05) is 50.4 Å². The zero-order chi connectivity index (χ0) is 36.2. The Morgan fingerprint density at radius 1 is 0.648 bits per heavy atom. The van der Waals surface area contributed by atoms with Crippen LogP contribution >= 0.6 is 0 Å². The summed E-state index contributed by atoms with van der Waals surface area (Å²) in [4.78, 5) is 14.8. The SMILES string of the molecule is C/C=C\C(=C/C)C1=NC(c2ccc3c(c2)Oc2cc(-c4cccc5ncccc45)ccc2C32c3ccccc3-c3ccccc32)NC(c2ccccc2)=N1. The van der Waals surface area contributed by atoms with Crippen molar-refractivity contribution in [3.05, 3.63) is 209 Å². The summed E-state index contributed by atoms with van der Waals surface area (Å²) in [6.07, 6.45) is 7.59. The number of nitrogens with one attached hydrogen (secondary N) is 1. The summed E-state index contributed by atoms with van der Waals surface area (Å²) in [5, 5.41) is 4.76. The van der Waals surface area contributed by atoms with Crippen LogP contribution in [-0.2, 0) is 5.41 Å². The number of nitrogens with zero attached hydrogens (tertiary/aromatic N) is 3. The Hall–Kier alpha value is -6.85. The van der Waals surface area contributed by atoms with Gasteiger partial charge in [-0.1, -0.05) is 140 Å². The number of hydrogen-bond acceptors (Lipinski definition) is 5. The molecule has 0 radical (unpaired) electrons. The molecule has 0 saturated carbocycles. The molecule has 0 fully saturated rings. The van der Waals surface area contributed by atoms with Crippen LogP contribution in [0, 0.1) is 0 Å². The van der Waals surface area contributed by atoms with Crippen LogP contribution in [0.15, 0.2) is 186 Å². The first kappa shape index (κ1) is 31.9. The molecule has 2 aliphatic heterocycles. The highest BCUT2D eigenvalue weighted by atomic mass is 16.5. The summed E-state index contributed by atoms with van der Waals surface area (Å²) in [6, 6.07) is 51.7. The van der Waals surface area contributed by atoms with Gasteiger partial charge in [-0.2, -0.15) is 0 Å². The molecule has 10 rings (SSSR count). The quantitative estimate of drug-likeness (QED) is 0.182. The minimum absolute atomic E-state index is 0.392. The van der Waals surface area contributed by atoms with Gasteiger partial charge < -0.3 is 10.1 Å². The summed E-state index contributed by atoms with van der Waals surface area (Å²) in [5.74, 6) is 3.11. The molecule has 3 heterocycles. The minimum Gasteiger partial charge on any atom is -0.457 e. The molecule has 3 aliphatic rings. The van der Waals surface area contributed by atoms with Crippen LogP contribution in [0.2, 0.25) is 0 Å². The number of aromatic nitrogens is 1. The molecular formula is C49H36N4O. The Morgan fingerprint density at radius 2 is 1.35 bits per heavy atom. The van der Waals surface area contributed by atoms with Crippen molar-refractivity contribution in [2.75, 3.05) is 0 Å². The molecule has 1 aromatic heterocycles. The van der Waals surface area contributed by atoms with Gasteiger partial charge in [-0.3, -0.25) is 4.98 Å². The maximum Gasteiger partial charge on any atom is 0.159 e. The van der Waals surface area contributed by atoms with Crippen molar-refractivity contribution in [2.24, 2.45) is 9.98 Å². The van der Waals surface area contributed by atoms with E-state index < -0.39 is 11.6 Å². The Morgan fingerprint density at radius 3 is 2.11 bits per heavy atom. The van der Waals surface area contributed by atoms with Gasteiger partial charge in [0.25, 0.3) is 0 Å². The predicted octanol–water partition coefficient (Wildman–Crippen LogP) is 11.3. The number of allylic oxidation sites excluding steroid dienone is 2. The second-order valence-corrected chi connectivity index (χ2v) is 13.9. The van der Waals surface area contributed by atoms with Gasteiger partial charge in [0, 0.05) is 39.4 Å². The van der Waals surface area contributed by atoms with Crippen molar-refractivity contribution in [3.63, 3.8) is 0 Å². The van der Waals surface area contributed by atoms with Crippen LogP contribution in [0.1, 0.15) is 53.4 Å². The fraction of sp³-hybridized carbons (Fsp3) is 0.0816. The molecule has 6 aromatic carbocycles. The lowest BCUT2D eigenvalue weighted by molar-refractivity contribution is 0.435. The lowest BCUT2D eigenvalue weighted by atomic mass is 9.65. The summed E-state index contributed by atoms with van der Waals surface area (Å²) in [6.45, 7) is 4.04. The Balaban J connectivity index is 1.18. The van der Waals surface area contributed by atoms with Crippen molar-refractivity contribution >= 4 is 22.6 Å². The van der Waals surface area contributed by atoms with Gasteiger partial charge in [0.05, 0.1) is 10.9 Å². The van der Waals surface area contributed by atoms with Crippen molar-refractivity contribution in [2.45, 2.75) is 25.4 Å². The number of rotatable bonds is 5. The van der Waals surface area contributed by atoms with E-state index in [4.69, 9.17) is 14.7 Å². The fourth-order valence-electron chi connectivity index (χ4n) is 8.59. The summed E-state index contributed by atoms with van der Waals surface area (Å²) in [5.41, 5.74) is 12.8. The maximum atomic E-state index is 7.10. The van der Waals surface area contributed by atoms with Gasteiger partial charge >= 0.3 is 0 Å². The Kier molecular flexibility index (Phi) is 7.48. The number of hydrogen-bond donors (Lipinski definition) is 1. The average Bonchev–Trinajstić information content (AvgIpc) is 3.53. The van der Waals surface area contributed by atoms with Crippen LogP contribution in [-0.4, -0.2) is 16.7 Å². The summed E-state index contributed by atoms with van der Waals surface area (Å²) < 4.78 is 7.10. The van der Waals surface area contributed by atoms with Crippen molar-refractivity contribution in [1.82, 2.24) is 10.3 Å². The van der Waals surface area contributed by atoms with Crippen LogP contribution < -0.4 is 10.1 Å². The third-order valence-electron chi connectivity index (χ3n) is 10.9. The predicted molar refractivity (Wildman–Crippen MR) is 219 cm³/mol. The second kappa shape index (κ2) is 12.7. The van der Waals surface area contributed by atoms with E-state index in [1.165, 1.54) is 22.3 Å². The van der Waals surface area contributed by atoms with E-state index in [0.29, 0.717) is 5.84 Å². The van der Waals surface area contributed by atoms with Crippen LogP contribution in [0.5, 0.6) is 11.5 Å². The summed E-state index contributed by atoms with van der Waals surface area (Å²) >= 11 is 0. The van der Waals surface area contributed by atoms with Crippen LogP contribution in [0.3, 0.4) is 0 Å². The first-order valence-electron chi connectivity index (χ1n) is 18.5. The molecule has 54 heavy (non-hydrogen) atoms. The first-order chi connectivity index (χ1) is 26.7. The van der Waals surface area contributed by atoms with Gasteiger partial charge in [-0.15, -0.1) is 0 Å². The Bertz CT molecular complexity index is 2710. The molecule has 1 unspecified atom stereocenters. The second-order valence-electron chi connectivity index (χ2n) is 13.9. The van der Waals surface area contributed by atoms with Gasteiger partial charge in [0.1, 0.15) is 23.5 Å². The molecule has 258 valence electrons. The van der Waals surface area contributed by atoms with E-state index in [0.717, 1.165) is 67.2 Å². The molecule has 0 saturated heterocycles. The average molecular weight is 697 g/mol. The maximum absolute atomic E-state index is 7.10. The highest BCUT2D eigenvalue weighted by Gasteiger charge is 2.51. The smallest absolute Gasteiger partial charge is 0.159 e. The first-order valence-corrected chi connectivity index (χ1v) is 18.5. The third-order valence-corrected chi connectivity index (χ3v) is 10.9. The standard InChI is InChI=1S/C49H36N4O/c1-3-14-31(4-2)46-51-47(32-15-6-5-7-16-32)53-48(52-46)34-25-27-42-45(30-34)54-44-29-33(35-19-12-23-43-38(35)20-13-28-50-43)24-26-41(44)49(42)39-21-10-8-17-36(39)37-18-9-11-22-40(37)49/h3-30,48H,1-2H3,(H,51,52,53)/b14-3-,31-4+. The highest BCUT2D eigenvalue weighted by molar-refractivity contribution is 6.13. The van der Waals surface area contributed by atoms with Gasteiger partial charge in [-0.05, 0) is 71.5 Å². The lowest BCUT2D eigenvalue weighted by Gasteiger charge is -2.40. The molecule has 5 heteroatoms. The number of benzene rings is 6. The molecule has 7 aromatic rings. The van der Waals surface area contributed by atoms with Crippen LogP contribution in [0.25, 0.3) is 33.2 Å². The zero-order valence-electron chi connectivity index (χ0n) is 30.0. The van der Waals surface area contributed by atoms with Gasteiger partial charge in [0.15, 0.2) is 5.84 Å². The summed E-state index contributed by atoms with van der Waals surface area (Å²) in [7, 11) is 0. The lowest BCUT2D eigenvalue weighted by Crippen LogP contribution is -2.34. The van der Waals surface area contributed by atoms with Gasteiger partial charge in [-0.25, -0.2) is 9.98 Å². The van der Waals surface area contributed by atoms with Crippen molar-refractivity contribution in [1.29, 1.82) is 0 Å². The third kappa shape index (κ3) is 4.82. The number of ether oxygens (including phenoxy) is 1. The molecule has 1 atom stereocenters. The molecule has 0 amide bonds. The fourth-order valence-corrected chi connectivity index (χ4v) is 8.59. The monoisotopic (exact) mass is 696 g/mol. The molecule has 1 spiro atoms. The van der Waals surface area contributed by atoms with E-state index in [2.05, 4.69) is 144 Å². The normalized spacial score (nSPS) is 16.5. The number of amidine groups is 2. The molecule has 5 nitrogen and oxygen atoms in total. The van der Waals surface area contributed by atoms with E-state index >= 15 is 0 Å². The van der Waals surface area contributed by atoms with Gasteiger partial charge in [0.2, 0.25) is 0 Å². The minimum atomic E-state index is -0.581. The molecule has 1 N–H and O–H groups in total. The van der Waals surface area contributed by atoms with Crippen molar-refractivity contribution in [3.8, 4) is 33.8 Å². The largest absolute Gasteiger partial charge is 0.457 e. The molecule has 0 bridgehead atoms. The number of fused-ring (bicyclic) bond motifs is 10. The topological polar surface area (TPSA) is 58.9 Å².